The minimum absolute atomic E-state index is 0.0485. The van der Waals surface area contributed by atoms with E-state index in [2.05, 4.69) is 4.98 Å². The Morgan fingerprint density at radius 3 is 2.56 bits per heavy atom. The first-order valence-corrected chi connectivity index (χ1v) is 8.60. The summed E-state index contributed by atoms with van der Waals surface area (Å²) in [6.07, 6.45) is -4.71. The van der Waals surface area contributed by atoms with E-state index in [1.165, 1.54) is 0 Å². The van der Waals surface area contributed by atoms with E-state index in [1.807, 2.05) is 0 Å². The molecule has 3 rings (SSSR count). The summed E-state index contributed by atoms with van der Waals surface area (Å²) >= 11 is 5.98. The van der Waals surface area contributed by atoms with Gasteiger partial charge in [-0.05, 0) is 42.7 Å². The molecule has 0 amide bonds. The summed E-state index contributed by atoms with van der Waals surface area (Å²) in [5.41, 5.74) is -1.12. The number of sulfone groups is 1. The Bertz CT molecular complexity index is 1390. The molecule has 0 saturated heterocycles. The van der Waals surface area contributed by atoms with Gasteiger partial charge < -0.3 is 5.21 Å². The second-order valence-electron chi connectivity index (χ2n) is 4.95. The Labute approximate surface area is 163 Å². The van der Waals surface area contributed by atoms with Crippen molar-refractivity contribution in [1.29, 1.82) is 0 Å². The summed E-state index contributed by atoms with van der Waals surface area (Å²) in [7, 11) is -4.66. The monoisotopic (exact) mass is 383 g/mol. The minimum atomic E-state index is -4.66. The number of aryl methyl sites for hydroxylation is 1. The molecule has 0 saturated carbocycles. The van der Waals surface area contributed by atoms with Gasteiger partial charge >= 0.3 is 0 Å². The SMILES string of the molecule is [2H]c1nc(C([2H])([2H])[2H])ccc1-c1c(-c2ccc(S(=O)(=O)C([2H])([2H])[2H])cc2)c([2H])c(Cl)c([2H])[n+]1[O-]. The number of nitrogens with zero attached hydrogens (tertiary/aromatic N) is 2. The van der Waals surface area contributed by atoms with Gasteiger partial charge in [-0.15, -0.1) is 0 Å². The zero-order chi connectivity index (χ0) is 25.8. The zero-order valence-electron chi connectivity index (χ0n) is 21.4. The van der Waals surface area contributed by atoms with E-state index in [1.54, 1.807) is 0 Å². The van der Waals surface area contributed by atoms with E-state index in [9.17, 15) is 13.6 Å². The molecule has 0 radical (unpaired) electrons. The third-order valence-corrected chi connectivity index (χ3v) is 4.36. The lowest BCUT2D eigenvalue weighted by atomic mass is 10.00. The Morgan fingerprint density at radius 1 is 1.20 bits per heavy atom. The predicted octanol–water partition coefficient (Wildman–Crippen LogP) is 3.41. The van der Waals surface area contributed by atoms with Gasteiger partial charge in [-0.25, -0.2) is 8.42 Å². The molecule has 0 atom stereocenters. The number of hydrogen-bond acceptors (Lipinski definition) is 4. The van der Waals surface area contributed by atoms with Gasteiger partial charge in [0.25, 0.3) is 0 Å². The van der Waals surface area contributed by atoms with Crippen LogP contribution < -0.4 is 4.73 Å². The van der Waals surface area contributed by atoms with E-state index in [0.717, 1.165) is 36.4 Å². The fraction of sp³-hybridized carbons (Fsp3) is 0.111. The highest BCUT2D eigenvalue weighted by molar-refractivity contribution is 7.90. The fourth-order valence-corrected chi connectivity index (χ4v) is 2.85. The average molecular weight is 384 g/mol. The highest BCUT2D eigenvalue weighted by atomic mass is 35.5. The van der Waals surface area contributed by atoms with Crippen LogP contribution in [0.4, 0.5) is 0 Å². The molecule has 0 N–H and O–H groups in total. The molecule has 7 heteroatoms. The lowest BCUT2D eigenvalue weighted by molar-refractivity contribution is -0.593. The van der Waals surface area contributed by atoms with Crippen LogP contribution in [0, 0.1) is 12.1 Å². The van der Waals surface area contributed by atoms with Gasteiger partial charge in [0.15, 0.2) is 16.0 Å². The maximum atomic E-state index is 12.9. The van der Waals surface area contributed by atoms with Gasteiger partial charge in [-0.2, -0.15) is 4.73 Å². The topological polar surface area (TPSA) is 74.0 Å². The van der Waals surface area contributed by atoms with Crippen LogP contribution in [0.2, 0.25) is 5.02 Å². The molecule has 25 heavy (non-hydrogen) atoms. The summed E-state index contributed by atoms with van der Waals surface area (Å²) in [6, 6.07) is 6.01. The lowest BCUT2D eigenvalue weighted by Crippen LogP contribution is -2.29. The van der Waals surface area contributed by atoms with Crippen molar-refractivity contribution in [2.24, 2.45) is 0 Å². The molecule has 0 bridgehead atoms. The van der Waals surface area contributed by atoms with Crippen molar-refractivity contribution in [3.05, 3.63) is 70.7 Å². The van der Waals surface area contributed by atoms with Gasteiger partial charge in [-0.3, -0.25) is 4.98 Å². The van der Waals surface area contributed by atoms with Crippen LogP contribution in [0.3, 0.4) is 0 Å². The van der Waals surface area contributed by atoms with Crippen LogP contribution in [0.1, 0.15) is 18.0 Å². The van der Waals surface area contributed by atoms with Crippen molar-refractivity contribution in [3.8, 4) is 22.4 Å². The standard InChI is InChI=1S/C18H15ClN2O3S/c1-12-3-4-14(10-20-12)18-17(9-15(19)11-21(18)22)13-5-7-16(8-6-13)25(2,23)24/h3-11H,1-2H3/i1D3,2D3,9D,10D,11D. The Hall–Kier alpha value is -2.44. The third kappa shape index (κ3) is 3.65. The van der Waals surface area contributed by atoms with E-state index < -0.39 is 62.6 Å². The summed E-state index contributed by atoms with van der Waals surface area (Å²) in [5, 5.41) is 12.4. The summed E-state index contributed by atoms with van der Waals surface area (Å²) in [4.78, 5) is 3.19. The zero-order valence-corrected chi connectivity index (χ0v) is 13.9. The second-order valence-corrected chi connectivity index (χ2v) is 6.81. The van der Waals surface area contributed by atoms with Gasteiger partial charge in [0.2, 0.25) is 5.69 Å². The highest BCUT2D eigenvalue weighted by Gasteiger charge is 2.19. The highest BCUT2D eigenvalue weighted by Crippen LogP contribution is 2.31. The van der Waals surface area contributed by atoms with Crippen LogP contribution in [0.5, 0.6) is 0 Å². The summed E-state index contributed by atoms with van der Waals surface area (Å²) in [6.45, 7) is -2.62. The minimum Gasteiger partial charge on any atom is -0.618 e. The van der Waals surface area contributed by atoms with Gasteiger partial charge in [0, 0.05) is 26.3 Å². The van der Waals surface area contributed by atoms with E-state index in [-0.39, 0.29) is 21.4 Å². The molecule has 1 aromatic carbocycles. The van der Waals surface area contributed by atoms with Gasteiger partial charge in [-0.1, -0.05) is 23.7 Å². The molecule has 0 aliphatic rings. The molecule has 5 nitrogen and oxygen atoms in total. The number of halogens is 1. The normalized spacial score (nSPS) is 17.7. The number of rotatable bonds is 3. The van der Waals surface area contributed by atoms with Crippen LogP contribution in [0.25, 0.3) is 22.4 Å². The molecule has 0 aliphatic heterocycles. The first-order valence-electron chi connectivity index (χ1n) is 11.2. The second kappa shape index (κ2) is 6.46. The lowest BCUT2D eigenvalue weighted by Gasteiger charge is -2.11. The van der Waals surface area contributed by atoms with Crippen LogP contribution in [-0.4, -0.2) is 19.6 Å². The molecule has 0 spiro atoms. The molecule has 0 fully saturated rings. The van der Waals surface area contributed by atoms with Crippen molar-refractivity contribution in [2.75, 3.05) is 6.18 Å². The molecule has 3 aromatic rings. The Balaban J connectivity index is 2.30. The van der Waals surface area contributed by atoms with E-state index in [4.69, 9.17) is 23.9 Å². The fourth-order valence-electron chi connectivity index (χ4n) is 2.19. The molecule has 2 aromatic heterocycles. The predicted molar refractivity (Wildman–Crippen MR) is 96.9 cm³/mol. The molecule has 0 unspecified atom stereocenters. The van der Waals surface area contributed by atoms with E-state index in [0.29, 0.717) is 0 Å². The molecular weight excluding hydrogens is 360 g/mol. The maximum absolute atomic E-state index is 12.9. The smallest absolute Gasteiger partial charge is 0.233 e. The largest absolute Gasteiger partial charge is 0.618 e. The van der Waals surface area contributed by atoms with Gasteiger partial charge in [0.05, 0.1) is 18.8 Å². The van der Waals surface area contributed by atoms with Crippen LogP contribution in [-0.2, 0) is 9.84 Å². The maximum Gasteiger partial charge on any atom is 0.233 e. The average Bonchev–Trinajstić information content (AvgIpc) is 2.73. The van der Waals surface area contributed by atoms with Crippen molar-refractivity contribution >= 4 is 21.4 Å². The molecular formula is C18H15ClN2O3S. The third-order valence-electron chi connectivity index (χ3n) is 3.29. The number of benzene rings is 1. The quantitative estimate of drug-likeness (QED) is 0.513. The van der Waals surface area contributed by atoms with Crippen molar-refractivity contribution in [1.82, 2.24) is 4.98 Å². The van der Waals surface area contributed by atoms with Crippen molar-refractivity contribution < 1.29 is 25.5 Å². The number of hydrogen-bond donors (Lipinski definition) is 0. The number of aromatic nitrogens is 2. The molecule has 128 valence electrons. The Kier molecular flexibility index (Phi) is 2.41. The van der Waals surface area contributed by atoms with Crippen molar-refractivity contribution in [3.63, 3.8) is 0 Å². The van der Waals surface area contributed by atoms with E-state index >= 15 is 0 Å². The Morgan fingerprint density at radius 2 is 1.92 bits per heavy atom. The van der Waals surface area contributed by atoms with Crippen molar-refractivity contribution in [2.45, 2.75) is 11.7 Å². The van der Waals surface area contributed by atoms with Crippen LogP contribution >= 0.6 is 11.6 Å². The van der Waals surface area contributed by atoms with Gasteiger partial charge in [0.1, 0.15) is 6.39 Å². The van der Waals surface area contributed by atoms with Crippen LogP contribution in [0.15, 0.2) is 59.7 Å². The summed E-state index contributed by atoms with van der Waals surface area (Å²) < 4.78 is 92.7. The molecule has 2 heterocycles. The number of pyridine rings is 2. The molecule has 0 aliphatic carbocycles. The summed E-state index contributed by atoms with van der Waals surface area (Å²) in [5.74, 6) is 0. The first-order chi connectivity index (χ1) is 15.5. The first kappa shape index (κ1) is 9.31.